The van der Waals surface area contributed by atoms with E-state index >= 15 is 0 Å². The number of hydrogen-bond donors (Lipinski definition) is 2. The quantitative estimate of drug-likeness (QED) is 0.464. The van der Waals surface area contributed by atoms with Gasteiger partial charge in [0.25, 0.3) is 11.8 Å². The zero-order valence-electron chi connectivity index (χ0n) is 17.1. The topological polar surface area (TPSA) is 66.4 Å². The Bertz CT molecular complexity index is 944. The van der Waals surface area contributed by atoms with Crippen LogP contribution in [0.2, 0.25) is 0 Å². The molecule has 7 heteroatoms. The maximum absolute atomic E-state index is 12.8. The van der Waals surface area contributed by atoms with Gasteiger partial charge in [0, 0.05) is 34.7 Å². The fourth-order valence-electron chi connectivity index (χ4n) is 3.51. The first-order chi connectivity index (χ1) is 13.9. The molecule has 1 aromatic heterocycles. The van der Waals surface area contributed by atoms with Crippen molar-refractivity contribution in [1.82, 2.24) is 14.8 Å². The average molecular weight is 459 g/mol. The molecule has 2 N–H and O–H groups in total. The standard InChI is InChI=1S/C22H27BrN4O2/c1-4-26(5-2)11-6-10-24-22(29)20-15(3)9-12-27(20)14-18-17-13-16(23)7-8-19(17)25-21(18)28/h7-9,12-14H,4-6,10-11H2,1-3H3,(H,24,29)(H,25,28)/b18-14-. The van der Waals surface area contributed by atoms with Crippen LogP contribution in [0.3, 0.4) is 0 Å². The van der Waals surface area contributed by atoms with Crippen LogP contribution < -0.4 is 10.6 Å². The lowest BCUT2D eigenvalue weighted by Crippen LogP contribution is -2.31. The van der Waals surface area contributed by atoms with Crippen LogP contribution >= 0.6 is 15.9 Å². The molecule has 0 bridgehead atoms. The number of nitrogens with zero attached hydrogens (tertiary/aromatic N) is 2. The summed E-state index contributed by atoms with van der Waals surface area (Å²) in [5.41, 5.74) is 3.55. The van der Waals surface area contributed by atoms with Crippen LogP contribution in [0.1, 0.15) is 41.9 Å². The minimum atomic E-state index is -0.171. The fourth-order valence-corrected chi connectivity index (χ4v) is 3.87. The van der Waals surface area contributed by atoms with E-state index in [9.17, 15) is 9.59 Å². The van der Waals surface area contributed by atoms with Crippen molar-refractivity contribution in [2.24, 2.45) is 0 Å². The summed E-state index contributed by atoms with van der Waals surface area (Å²) in [7, 11) is 0. The lowest BCUT2D eigenvalue weighted by atomic mass is 10.1. The normalized spacial score (nSPS) is 14.4. The van der Waals surface area contributed by atoms with Crippen LogP contribution in [0.5, 0.6) is 0 Å². The number of aryl methyl sites for hydroxylation is 1. The van der Waals surface area contributed by atoms with E-state index in [-0.39, 0.29) is 11.8 Å². The number of benzene rings is 1. The lowest BCUT2D eigenvalue weighted by molar-refractivity contribution is -0.110. The van der Waals surface area contributed by atoms with Crippen LogP contribution in [0.15, 0.2) is 34.9 Å². The Hall–Kier alpha value is -2.38. The molecule has 0 saturated carbocycles. The smallest absolute Gasteiger partial charge is 0.268 e. The van der Waals surface area contributed by atoms with Gasteiger partial charge in [0.15, 0.2) is 0 Å². The number of anilines is 1. The van der Waals surface area contributed by atoms with E-state index < -0.39 is 0 Å². The summed E-state index contributed by atoms with van der Waals surface area (Å²) in [6, 6.07) is 7.54. The first-order valence-corrected chi connectivity index (χ1v) is 10.7. The third-order valence-corrected chi connectivity index (χ3v) is 5.69. The van der Waals surface area contributed by atoms with Crippen molar-refractivity contribution in [3.63, 3.8) is 0 Å². The van der Waals surface area contributed by atoms with Crippen molar-refractivity contribution in [1.29, 1.82) is 0 Å². The average Bonchev–Trinajstić information content (AvgIpc) is 3.21. The van der Waals surface area contributed by atoms with E-state index in [1.165, 1.54) is 0 Å². The number of nitrogens with one attached hydrogen (secondary N) is 2. The van der Waals surface area contributed by atoms with Gasteiger partial charge in [-0.3, -0.25) is 9.59 Å². The molecule has 1 aliphatic heterocycles. The van der Waals surface area contributed by atoms with Crippen LogP contribution in [-0.4, -0.2) is 47.5 Å². The number of carbonyl (C=O) groups excluding carboxylic acids is 2. The summed E-state index contributed by atoms with van der Waals surface area (Å²) >= 11 is 3.45. The highest BCUT2D eigenvalue weighted by Gasteiger charge is 2.25. The first kappa shape index (κ1) is 21.3. The van der Waals surface area contributed by atoms with Gasteiger partial charge in [-0.15, -0.1) is 0 Å². The van der Waals surface area contributed by atoms with E-state index in [1.807, 2.05) is 37.4 Å². The molecule has 0 saturated heterocycles. The second kappa shape index (κ2) is 9.41. The molecule has 2 amide bonds. The predicted octanol–water partition coefficient (Wildman–Crippen LogP) is 3.97. The summed E-state index contributed by atoms with van der Waals surface area (Å²) in [6.45, 7) is 9.79. The van der Waals surface area contributed by atoms with E-state index in [0.29, 0.717) is 17.8 Å². The van der Waals surface area contributed by atoms with Gasteiger partial charge in [0.05, 0.1) is 5.57 Å². The maximum Gasteiger partial charge on any atom is 0.268 e. The Kier molecular flexibility index (Phi) is 6.92. The van der Waals surface area contributed by atoms with E-state index in [1.54, 1.807) is 10.8 Å². The van der Waals surface area contributed by atoms with Crippen molar-refractivity contribution >= 4 is 45.2 Å². The molecule has 29 heavy (non-hydrogen) atoms. The number of rotatable bonds is 8. The van der Waals surface area contributed by atoms with E-state index in [4.69, 9.17) is 0 Å². The monoisotopic (exact) mass is 458 g/mol. The van der Waals surface area contributed by atoms with Gasteiger partial charge < -0.3 is 20.1 Å². The van der Waals surface area contributed by atoms with Gasteiger partial charge >= 0.3 is 0 Å². The van der Waals surface area contributed by atoms with Crippen molar-refractivity contribution < 1.29 is 9.59 Å². The number of aromatic nitrogens is 1. The van der Waals surface area contributed by atoms with Gasteiger partial charge in [-0.05, 0) is 62.8 Å². The highest BCUT2D eigenvalue weighted by molar-refractivity contribution is 9.10. The SMILES string of the molecule is CCN(CC)CCCNC(=O)c1c(C)ccn1/C=C1\C(=O)Nc2ccc(Br)cc21. The van der Waals surface area contributed by atoms with Gasteiger partial charge in [-0.1, -0.05) is 29.8 Å². The number of carbonyl (C=O) groups is 2. The Morgan fingerprint density at radius 2 is 2.03 bits per heavy atom. The molecule has 0 radical (unpaired) electrons. The summed E-state index contributed by atoms with van der Waals surface area (Å²) < 4.78 is 2.63. The molecule has 154 valence electrons. The Morgan fingerprint density at radius 1 is 1.28 bits per heavy atom. The zero-order valence-corrected chi connectivity index (χ0v) is 18.7. The number of amides is 2. The molecular formula is C22H27BrN4O2. The minimum Gasteiger partial charge on any atom is -0.351 e. The van der Waals surface area contributed by atoms with Gasteiger partial charge in [0.2, 0.25) is 0 Å². The van der Waals surface area contributed by atoms with Crippen molar-refractivity contribution in [2.75, 3.05) is 31.5 Å². The predicted molar refractivity (Wildman–Crippen MR) is 121 cm³/mol. The zero-order chi connectivity index (χ0) is 21.0. The van der Waals surface area contributed by atoms with Crippen LogP contribution in [0.4, 0.5) is 5.69 Å². The molecule has 0 spiro atoms. The molecule has 2 aromatic rings. The summed E-state index contributed by atoms with van der Waals surface area (Å²) in [6.07, 6.45) is 4.44. The summed E-state index contributed by atoms with van der Waals surface area (Å²) in [4.78, 5) is 27.6. The van der Waals surface area contributed by atoms with E-state index in [2.05, 4.69) is 45.3 Å². The summed E-state index contributed by atoms with van der Waals surface area (Å²) in [5.74, 6) is -0.299. The maximum atomic E-state index is 12.8. The molecule has 0 atom stereocenters. The van der Waals surface area contributed by atoms with E-state index in [0.717, 1.165) is 47.3 Å². The minimum absolute atomic E-state index is 0.128. The number of hydrogen-bond acceptors (Lipinski definition) is 3. The molecule has 1 aliphatic rings. The third kappa shape index (κ3) is 4.79. The molecule has 3 rings (SSSR count). The third-order valence-electron chi connectivity index (χ3n) is 5.20. The number of fused-ring (bicyclic) bond motifs is 1. The van der Waals surface area contributed by atoms with Gasteiger partial charge in [0.1, 0.15) is 5.69 Å². The molecule has 0 unspecified atom stereocenters. The van der Waals surface area contributed by atoms with Crippen molar-refractivity contribution in [2.45, 2.75) is 27.2 Å². The lowest BCUT2D eigenvalue weighted by Gasteiger charge is -2.17. The van der Waals surface area contributed by atoms with Crippen LogP contribution in [0, 0.1) is 6.92 Å². The molecule has 6 nitrogen and oxygen atoms in total. The first-order valence-electron chi connectivity index (χ1n) is 9.95. The Balaban J connectivity index is 1.77. The van der Waals surface area contributed by atoms with Gasteiger partial charge in [-0.2, -0.15) is 0 Å². The fraction of sp³-hybridized carbons (Fsp3) is 0.364. The molecule has 0 aliphatic carbocycles. The molecule has 2 heterocycles. The Morgan fingerprint density at radius 3 is 2.76 bits per heavy atom. The second-order valence-electron chi connectivity index (χ2n) is 7.08. The largest absolute Gasteiger partial charge is 0.351 e. The molecular weight excluding hydrogens is 432 g/mol. The van der Waals surface area contributed by atoms with Gasteiger partial charge in [-0.25, -0.2) is 0 Å². The van der Waals surface area contributed by atoms with Crippen molar-refractivity contribution in [3.05, 3.63) is 51.8 Å². The van der Waals surface area contributed by atoms with Crippen LogP contribution in [-0.2, 0) is 4.79 Å². The second-order valence-corrected chi connectivity index (χ2v) is 7.99. The van der Waals surface area contributed by atoms with Crippen molar-refractivity contribution in [3.8, 4) is 0 Å². The molecule has 1 aromatic carbocycles. The number of halogens is 1. The van der Waals surface area contributed by atoms with Crippen LogP contribution in [0.25, 0.3) is 11.8 Å². The molecule has 0 fully saturated rings. The highest BCUT2D eigenvalue weighted by atomic mass is 79.9. The summed E-state index contributed by atoms with van der Waals surface area (Å²) in [5, 5.41) is 5.88. The Labute approximate surface area is 180 Å². The highest BCUT2D eigenvalue weighted by Crippen LogP contribution is 2.34.